The second-order valence-electron chi connectivity index (χ2n) is 11.2. The van der Waals surface area contributed by atoms with E-state index in [1.54, 1.807) is 26.4 Å². The summed E-state index contributed by atoms with van der Waals surface area (Å²) in [6.07, 6.45) is 4.14. The minimum atomic E-state index is -0.377. The molecule has 1 aliphatic carbocycles. The van der Waals surface area contributed by atoms with Gasteiger partial charge in [0.15, 0.2) is 0 Å². The van der Waals surface area contributed by atoms with Crippen LogP contribution in [-0.2, 0) is 17.8 Å². The fraction of sp³-hybridized carbons (Fsp3) is 0.294. The van der Waals surface area contributed by atoms with E-state index in [4.69, 9.17) is 21.1 Å². The summed E-state index contributed by atoms with van der Waals surface area (Å²) in [7, 11) is 1.74. The Kier molecular flexibility index (Phi) is 8.18. The van der Waals surface area contributed by atoms with Gasteiger partial charge in [0, 0.05) is 56.0 Å². The number of nitrogens with two attached hydrogens (primary N) is 2. The topological polar surface area (TPSA) is 112 Å². The van der Waals surface area contributed by atoms with Gasteiger partial charge in [-0.2, -0.15) is 5.10 Å². The first-order valence-electron chi connectivity index (χ1n) is 14.7. The predicted octanol–water partition coefficient (Wildman–Crippen LogP) is 4.82. The molecule has 9 heteroatoms. The van der Waals surface area contributed by atoms with E-state index in [1.165, 1.54) is 16.1 Å². The van der Waals surface area contributed by atoms with Gasteiger partial charge in [0.1, 0.15) is 17.9 Å². The van der Waals surface area contributed by atoms with Crippen molar-refractivity contribution >= 4 is 5.97 Å². The number of allylic oxidation sites excluding steroid dienone is 1. The normalized spacial score (nSPS) is 18.3. The molecule has 1 unspecified atom stereocenters. The number of rotatable bonds is 9. The van der Waals surface area contributed by atoms with Gasteiger partial charge in [-0.15, -0.1) is 0 Å². The number of benzene rings is 3. The molecule has 3 aromatic carbocycles. The highest BCUT2D eigenvalue weighted by molar-refractivity contribution is 5.91. The highest BCUT2D eigenvalue weighted by atomic mass is 16.5. The quantitative estimate of drug-likeness (QED) is 0.165. The van der Waals surface area contributed by atoms with E-state index in [-0.39, 0.29) is 17.8 Å². The fourth-order valence-electron chi connectivity index (χ4n) is 5.92. The van der Waals surface area contributed by atoms with Gasteiger partial charge >= 0.3 is 5.97 Å². The molecule has 1 aliphatic heterocycles. The summed E-state index contributed by atoms with van der Waals surface area (Å²) < 4.78 is 13.2. The standard InChI is InChI=1S/C34H38N6O3/c1-3-42-34(41)30-19-37-40(33(30)29-18-28(29)31(35)22-38(2)36)27-12-7-11-25(17-27)24-10-6-8-23(16-24)20-39-14-15-43-32-13-5-4-9-26(32)21-39/h4-13,16-17,19,22,28-29H,3,14-15,18,20-21,35-36H2,1-2H3/b31-22-/t28?,29-/m1/s1. The van der Waals surface area contributed by atoms with E-state index in [0.29, 0.717) is 24.5 Å². The van der Waals surface area contributed by atoms with Crippen molar-refractivity contribution in [1.29, 1.82) is 0 Å². The van der Waals surface area contributed by atoms with Crippen molar-refractivity contribution in [3.8, 4) is 22.6 Å². The number of hydrogen-bond donors (Lipinski definition) is 2. The van der Waals surface area contributed by atoms with Crippen LogP contribution in [0.25, 0.3) is 16.8 Å². The van der Waals surface area contributed by atoms with Gasteiger partial charge in [-0.05, 0) is 54.3 Å². The number of esters is 1. The number of carbonyl (C=O) groups is 1. The zero-order valence-corrected chi connectivity index (χ0v) is 24.6. The molecular weight excluding hydrogens is 540 g/mol. The van der Waals surface area contributed by atoms with Crippen LogP contribution in [0.15, 0.2) is 90.9 Å². The number of hydrazine groups is 1. The SMILES string of the molecule is CCOC(=O)c1cnn(-c2cccc(-c3cccc(CN4CCOc5ccccc5C4)c3)c2)c1[C@@H]1CC1/C(N)=C/N(C)N. The summed E-state index contributed by atoms with van der Waals surface area (Å²) >= 11 is 0. The second-order valence-corrected chi connectivity index (χ2v) is 11.2. The maximum absolute atomic E-state index is 12.9. The van der Waals surface area contributed by atoms with Gasteiger partial charge in [0.05, 0.1) is 24.2 Å². The van der Waals surface area contributed by atoms with Crippen LogP contribution < -0.4 is 16.3 Å². The maximum atomic E-state index is 12.9. The molecule has 222 valence electrons. The molecule has 1 fully saturated rings. The zero-order valence-electron chi connectivity index (χ0n) is 24.6. The predicted molar refractivity (Wildman–Crippen MR) is 166 cm³/mol. The summed E-state index contributed by atoms with van der Waals surface area (Å²) in [4.78, 5) is 15.3. The minimum absolute atomic E-state index is 0.0350. The van der Waals surface area contributed by atoms with E-state index in [0.717, 1.165) is 54.3 Å². The summed E-state index contributed by atoms with van der Waals surface area (Å²) in [5, 5.41) is 6.11. The molecule has 2 atom stereocenters. The molecule has 0 spiro atoms. The smallest absolute Gasteiger partial charge is 0.341 e. The van der Waals surface area contributed by atoms with Crippen LogP contribution in [0.2, 0.25) is 0 Å². The molecule has 0 radical (unpaired) electrons. The van der Waals surface area contributed by atoms with Crippen molar-refractivity contribution in [2.24, 2.45) is 17.5 Å². The van der Waals surface area contributed by atoms with E-state index >= 15 is 0 Å². The van der Waals surface area contributed by atoms with E-state index in [2.05, 4.69) is 58.5 Å². The third-order valence-electron chi connectivity index (χ3n) is 8.01. The third-order valence-corrected chi connectivity index (χ3v) is 8.01. The van der Waals surface area contributed by atoms with E-state index in [1.807, 2.05) is 28.9 Å². The first-order chi connectivity index (χ1) is 20.9. The summed E-state index contributed by atoms with van der Waals surface area (Å²) in [6, 6.07) is 25.2. The molecule has 1 aromatic heterocycles. The van der Waals surface area contributed by atoms with Crippen molar-refractivity contribution in [2.75, 3.05) is 26.8 Å². The molecule has 4 N–H and O–H groups in total. The molecule has 9 nitrogen and oxygen atoms in total. The van der Waals surface area contributed by atoms with Gasteiger partial charge in [0.2, 0.25) is 0 Å². The average molecular weight is 579 g/mol. The van der Waals surface area contributed by atoms with Gasteiger partial charge in [-0.25, -0.2) is 15.3 Å². The lowest BCUT2D eigenvalue weighted by Crippen LogP contribution is -2.25. The average Bonchev–Trinajstić information content (AvgIpc) is 3.72. The van der Waals surface area contributed by atoms with Gasteiger partial charge in [-0.3, -0.25) is 4.90 Å². The molecule has 6 rings (SSSR count). The van der Waals surface area contributed by atoms with Crippen molar-refractivity contribution in [1.82, 2.24) is 19.7 Å². The Morgan fingerprint density at radius 1 is 1.12 bits per heavy atom. The minimum Gasteiger partial charge on any atom is -0.492 e. The third kappa shape index (κ3) is 6.28. The molecule has 0 saturated heterocycles. The largest absolute Gasteiger partial charge is 0.492 e. The lowest BCUT2D eigenvalue weighted by molar-refractivity contribution is 0.0525. The van der Waals surface area contributed by atoms with Gasteiger partial charge in [0.25, 0.3) is 0 Å². The number of hydrogen-bond acceptors (Lipinski definition) is 8. The highest BCUT2D eigenvalue weighted by Gasteiger charge is 2.45. The van der Waals surface area contributed by atoms with Crippen LogP contribution in [0.3, 0.4) is 0 Å². The van der Waals surface area contributed by atoms with Crippen LogP contribution in [0.5, 0.6) is 5.75 Å². The first-order valence-corrected chi connectivity index (χ1v) is 14.7. The molecule has 2 aliphatic rings. The molecule has 2 heterocycles. The molecule has 4 aromatic rings. The van der Waals surface area contributed by atoms with Crippen molar-refractivity contribution in [3.05, 3.63) is 113 Å². The summed E-state index contributed by atoms with van der Waals surface area (Å²) in [6.45, 7) is 5.31. The monoisotopic (exact) mass is 578 g/mol. The van der Waals surface area contributed by atoms with E-state index in [9.17, 15) is 4.79 Å². The van der Waals surface area contributed by atoms with Crippen LogP contribution in [-0.4, -0.2) is 52.5 Å². The van der Waals surface area contributed by atoms with Gasteiger partial charge in [-0.1, -0.05) is 48.5 Å². The number of carbonyl (C=O) groups excluding carboxylic acids is 1. The Morgan fingerprint density at radius 2 is 1.91 bits per heavy atom. The van der Waals surface area contributed by atoms with Crippen LogP contribution in [0.1, 0.15) is 46.4 Å². The lowest BCUT2D eigenvalue weighted by Gasteiger charge is -2.20. The molecule has 1 saturated carbocycles. The van der Waals surface area contributed by atoms with Crippen molar-refractivity contribution in [3.63, 3.8) is 0 Å². The zero-order chi connectivity index (χ0) is 29.9. The molecule has 43 heavy (non-hydrogen) atoms. The van der Waals surface area contributed by atoms with Crippen LogP contribution >= 0.6 is 0 Å². The number of nitrogens with zero attached hydrogens (tertiary/aromatic N) is 4. The number of ether oxygens (including phenoxy) is 2. The molecule has 0 bridgehead atoms. The summed E-state index contributed by atoms with van der Waals surface area (Å²) in [5.41, 5.74) is 13.8. The maximum Gasteiger partial charge on any atom is 0.341 e. The second kappa shape index (κ2) is 12.3. The Hall–Kier alpha value is -4.60. The lowest BCUT2D eigenvalue weighted by atomic mass is 10.0. The van der Waals surface area contributed by atoms with Crippen molar-refractivity contribution < 1.29 is 14.3 Å². The number of aromatic nitrogens is 2. The van der Waals surface area contributed by atoms with Crippen molar-refractivity contribution in [2.45, 2.75) is 32.4 Å². The van der Waals surface area contributed by atoms with Crippen LogP contribution in [0, 0.1) is 5.92 Å². The highest BCUT2D eigenvalue weighted by Crippen LogP contribution is 2.52. The summed E-state index contributed by atoms with van der Waals surface area (Å²) in [5.74, 6) is 6.51. The number of fused-ring (bicyclic) bond motifs is 1. The molecular formula is C34H38N6O3. The fourth-order valence-corrected chi connectivity index (χ4v) is 5.92. The van der Waals surface area contributed by atoms with Gasteiger partial charge < -0.3 is 20.2 Å². The Labute approximate surface area is 252 Å². The Morgan fingerprint density at radius 3 is 2.72 bits per heavy atom. The molecule has 0 amide bonds. The first kappa shape index (κ1) is 28.5. The van der Waals surface area contributed by atoms with E-state index < -0.39 is 0 Å². The Bertz CT molecular complexity index is 1640. The Balaban J connectivity index is 1.27. The van der Waals surface area contributed by atoms with Crippen LogP contribution in [0.4, 0.5) is 0 Å². The number of para-hydroxylation sites is 1.